The number of halogens is 1. The molecule has 166 valence electrons. The van der Waals surface area contributed by atoms with Crippen molar-refractivity contribution in [2.75, 3.05) is 18.1 Å². The van der Waals surface area contributed by atoms with Crippen molar-refractivity contribution in [2.24, 2.45) is 0 Å². The standard InChI is InChI=1S/C25H18FNO6/c1-15(28)19-4-2-3-5-22(19)32-12-13-33-25(31)16-6-11-20-21(14-16)24(30)27(23(20)29)18-9-7-17(26)8-10-18/h2-11,14H,12-13H2,1H3. The van der Waals surface area contributed by atoms with Crippen molar-refractivity contribution in [1.29, 1.82) is 0 Å². The third-order valence-corrected chi connectivity index (χ3v) is 5.05. The lowest BCUT2D eigenvalue weighted by Gasteiger charge is -2.13. The number of ketones is 1. The van der Waals surface area contributed by atoms with Crippen LogP contribution in [0.15, 0.2) is 66.7 Å². The van der Waals surface area contributed by atoms with Crippen molar-refractivity contribution in [3.05, 3.63) is 94.8 Å². The van der Waals surface area contributed by atoms with E-state index in [-0.39, 0.29) is 41.4 Å². The number of nitrogens with zero attached hydrogens (tertiary/aromatic N) is 1. The number of hydrogen-bond acceptors (Lipinski definition) is 6. The number of rotatable bonds is 7. The van der Waals surface area contributed by atoms with Gasteiger partial charge in [-0.05, 0) is 61.5 Å². The number of ether oxygens (including phenoxy) is 2. The lowest BCUT2D eigenvalue weighted by molar-refractivity contribution is 0.0449. The fraction of sp³-hybridized carbons (Fsp3) is 0.120. The van der Waals surface area contributed by atoms with Gasteiger partial charge in [0.25, 0.3) is 11.8 Å². The Hall–Kier alpha value is -4.33. The molecule has 3 aromatic rings. The van der Waals surface area contributed by atoms with E-state index >= 15 is 0 Å². The number of imide groups is 1. The minimum Gasteiger partial charge on any atom is -0.489 e. The molecule has 0 fully saturated rings. The highest BCUT2D eigenvalue weighted by molar-refractivity contribution is 6.34. The summed E-state index contributed by atoms with van der Waals surface area (Å²) in [5.41, 5.74) is 0.960. The summed E-state index contributed by atoms with van der Waals surface area (Å²) in [7, 11) is 0. The van der Waals surface area contributed by atoms with Gasteiger partial charge in [0.2, 0.25) is 0 Å². The molecule has 0 atom stereocenters. The average molecular weight is 447 g/mol. The first kappa shape index (κ1) is 21.9. The second-order valence-electron chi connectivity index (χ2n) is 7.22. The van der Waals surface area contributed by atoms with Gasteiger partial charge in [0, 0.05) is 0 Å². The van der Waals surface area contributed by atoms with Gasteiger partial charge in [-0.2, -0.15) is 0 Å². The molecule has 1 aliphatic rings. The van der Waals surface area contributed by atoms with Crippen molar-refractivity contribution >= 4 is 29.3 Å². The lowest BCUT2D eigenvalue weighted by Crippen LogP contribution is -2.29. The van der Waals surface area contributed by atoms with Crippen molar-refractivity contribution in [3.63, 3.8) is 0 Å². The first-order valence-corrected chi connectivity index (χ1v) is 10.0. The second-order valence-corrected chi connectivity index (χ2v) is 7.22. The van der Waals surface area contributed by atoms with Crippen LogP contribution in [0.5, 0.6) is 5.75 Å². The summed E-state index contributed by atoms with van der Waals surface area (Å²) < 4.78 is 23.9. The molecular formula is C25H18FNO6. The Morgan fingerprint density at radius 2 is 1.58 bits per heavy atom. The Kier molecular flexibility index (Phi) is 5.99. The summed E-state index contributed by atoms with van der Waals surface area (Å²) in [5.74, 6) is -2.10. The van der Waals surface area contributed by atoms with E-state index in [9.17, 15) is 23.6 Å². The zero-order valence-corrected chi connectivity index (χ0v) is 17.5. The fourth-order valence-electron chi connectivity index (χ4n) is 3.45. The van der Waals surface area contributed by atoms with Gasteiger partial charge >= 0.3 is 5.97 Å². The van der Waals surface area contributed by atoms with Crippen LogP contribution in [0.3, 0.4) is 0 Å². The van der Waals surface area contributed by atoms with Crippen molar-refractivity contribution in [2.45, 2.75) is 6.92 Å². The largest absolute Gasteiger partial charge is 0.489 e. The third-order valence-electron chi connectivity index (χ3n) is 5.05. The Labute approximate surface area is 188 Å². The molecule has 1 aliphatic heterocycles. The molecule has 0 bridgehead atoms. The number of fused-ring (bicyclic) bond motifs is 1. The van der Waals surface area contributed by atoms with E-state index in [1.165, 1.54) is 37.3 Å². The average Bonchev–Trinajstić information content (AvgIpc) is 3.07. The Bertz CT molecular complexity index is 1270. The molecule has 0 aliphatic carbocycles. The van der Waals surface area contributed by atoms with Gasteiger partial charge in [-0.1, -0.05) is 12.1 Å². The van der Waals surface area contributed by atoms with Gasteiger partial charge in [-0.25, -0.2) is 14.1 Å². The van der Waals surface area contributed by atoms with Gasteiger partial charge in [0.1, 0.15) is 24.8 Å². The molecule has 0 spiro atoms. The summed E-state index contributed by atoms with van der Waals surface area (Å²) >= 11 is 0. The van der Waals surface area contributed by atoms with Crippen molar-refractivity contribution < 1.29 is 33.0 Å². The van der Waals surface area contributed by atoms with Crippen molar-refractivity contribution in [3.8, 4) is 5.75 Å². The van der Waals surface area contributed by atoms with Gasteiger partial charge in [-0.15, -0.1) is 0 Å². The predicted molar refractivity (Wildman–Crippen MR) is 116 cm³/mol. The van der Waals surface area contributed by atoms with Crippen LogP contribution in [0, 0.1) is 5.82 Å². The van der Waals surface area contributed by atoms with E-state index in [4.69, 9.17) is 9.47 Å². The van der Waals surface area contributed by atoms with Crippen LogP contribution in [0.4, 0.5) is 10.1 Å². The van der Waals surface area contributed by atoms with Gasteiger partial charge in [0.15, 0.2) is 5.78 Å². The fourth-order valence-corrected chi connectivity index (χ4v) is 3.45. The summed E-state index contributed by atoms with van der Waals surface area (Å²) in [6.45, 7) is 1.37. The Morgan fingerprint density at radius 1 is 0.879 bits per heavy atom. The maximum atomic E-state index is 13.2. The number of amides is 2. The minimum atomic E-state index is -0.693. The molecule has 2 amide bonds. The van der Waals surface area contributed by atoms with Crippen molar-refractivity contribution in [1.82, 2.24) is 0 Å². The van der Waals surface area contributed by atoms with E-state index < -0.39 is 23.6 Å². The van der Waals surface area contributed by atoms with E-state index in [2.05, 4.69) is 0 Å². The number of hydrogen-bond donors (Lipinski definition) is 0. The molecule has 0 saturated carbocycles. The monoisotopic (exact) mass is 447 g/mol. The second kappa shape index (κ2) is 9.04. The zero-order chi connectivity index (χ0) is 23.5. The number of carbonyl (C=O) groups excluding carboxylic acids is 4. The molecule has 0 radical (unpaired) electrons. The van der Waals surface area contributed by atoms with Crippen LogP contribution >= 0.6 is 0 Å². The first-order valence-electron chi connectivity index (χ1n) is 10.0. The smallest absolute Gasteiger partial charge is 0.338 e. The van der Waals surface area contributed by atoms with Crippen LogP contribution in [0.1, 0.15) is 48.4 Å². The molecule has 0 unspecified atom stereocenters. The quantitative estimate of drug-likeness (QED) is 0.235. The predicted octanol–water partition coefficient (Wildman–Crippen LogP) is 4.06. The Morgan fingerprint density at radius 3 is 2.30 bits per heavy atom. The van der Waals surface area contributed by atoms with Crippen LogP contribution in [-0.2, 0) is 4.74 Å². The number of carbonyl (C=O) groups is 4. The van der Waals surface area contributed by atoms with Crippen LogP contribution < -0.4 is 9.64 Å². The first-order chi connectivity index (χ1) is 15.9. The lowest BCUT2D eigenvalue weighted by atomic mass is 10.1. The summed E-state index contributed by atoms with van der Waals surface area (Å²) in [6.07, 6.45) is 0. The molecule has 0 N–H and O–H groups in total. The Balaban J connectivity index is 1.41. The highest BCUT2D eigenvalue weighted by atomic mass is 19.1. The van der Waals surface area contributed by atoms with Gasteiger partial charge < -0.3 is 9.47 Å². The van der Waals surface area contributed by atoms with E-state index in [0.717, 1.165) is 17.0 Å². The SMILES string of the molecule is CC(=O)c1ccccc1OCCOC(=O)c1ccc2c(c1)C(=O)N(c1ccc(F)cc1)C2=O. The number of anilines is 1. The van der Waals surface area contributed by atoms with Gasteiger partial charge in [-0.3, -0.25) is 14.4 Å². The van der Waals surface area contributed by atoms with Crippen LogP contribution in [0.25, 0.3) is 0 Å². The summed E-state index contributed by atoms with van der Waals surface area (Å²) in [4.78, 5) is 50.4. The van der Waals surface area contributed by atoms with Gasteiger partial charge in [0.05, 0.1) is 27.9 Å². The highest BCUT2D eigenvalue weighted by Crippen LogP contribution is 2.29. The van der Waals surface area contributed by atoms with E-state index in [1.807, 2.05) is 0 Å². The highest BCUT2D eigenvalue weighted by Gasteiger charge is 2.37. The van der Waals surface area contributed by atoms with E-state index in [1.54, 1.807) is 24.3 Å². The molecule has 0 aromatic heterocycles. The topological polar surface area (TPSA) is 90.0 Å². The summed E-state index contributed by atoms with van der Waals surface area (Å²) in [6, 6.07) is 15.8. The molecule has 33 heavy (non-hydrogen) atoms. The van der Waals surface area contributed by atoms with Crippen LogP contribution in [-0.4, -0.2) is 36.8 Å². The number of para-hydroxylation sites is 1. The molecule has 4 rings (SSSR count). The molecule has 1 heterocycles. The minimum absolute atomic E-state index is 0.0245. The zero-order valence-electron chi connectivity index (χ0n) is 17.5. The molecular weight excluding hydrogens is 429 g/mol. The number of benzene rings is 3. The number of Topliss-reactive ketones (excluding diaryl/α,β-unsaturated/α-hetero) is 1. The molecule has 8 heteroatoms. The molecule has 0 saturated heterocycles. The van der Waals surface area contributed by atoms with Crippen LogP contribution in [0.2, 0.25) is 0 Å². The third kappa shape index (κ3) is 4.36. The van der Waals surface area contributed by atoms with E-state index in [0.29, 0.717) is 11.3 Å². The molecule has 3 aromatic carbocycles. The normalized spacial score (nSPS) is 12.5. The maximum absolute atomic E-state index is 13.2. The number of esters is 1. The maximum Gasteiger partial charge on any atom is 0.338 e. The molecule has 7 nitrogen and oxygen atoms in total. The summed E-state index contributed by atoms with van der Waals surface area (Å²) in [5, 5.41) is 0.